The van der Waals surface area contributed by atoms with E-state index in [0.29, 0.717) is 6.07 Å². The van der Waals surface area contributed by atoms with Gasteiger partial charge in [0.2, 0.25) is 5.82 Å². The number of phenols is 1. The Morgan fingerprint density at radius 2 is 1.91 bits per heavy atom. The number of primary amides is 1. The first kappa shape index (κ1) is 23.4. The van der Waals surface area contributed by atoms with Gasteiger partial charge in [-0.1, -0.05) is 13.0 Å². The van der Waals surface area contributed by atoms with Gasteiger partial charge in [0.25, 0.3) is 11.8 Å². The second-order valence-electron chi connectivity index (χ2n) is 7.54. The average molecular weight is 459 g/mol. The fourth-order valence-corrected chi connectivity index (χ4v) is 3.70. The van der Waals surface area contributed by atoms with Gasteiger partial charge in [0.1, 0.15) is 11.8 Å². The molecule has 0 unspecified atom stereocenters. The van der Waals surface area contributed by atoms with Crippen molar-refractivity contribution < 1.29 is 41.4 Å². The van der Waals surface area contributed by atoms with E-state index in [4.69, 9.17) is 10.5 Å². The number of hydrogen-bond donors (Lipinski definition) is 3. The molecule has 1 aromatic heterocycles. The first-order valence-corrected chi connectivity index (χ1v) is 9.26. The molecule has 2 heterocycles. The fraction of sp³-hybridized carbons (Fsp3) is 0.350. The molecule has 1 aliphatic heterocycles. The van der Waals surface area contributed by atoms with E-state index in [1.807, 2.05) is 0 Å². The van der Waals surface area contributed by atoms with Crippen LogP contribution in [0.5, 0.6) is 5.75 Å². The molecule has 0 saturated carbocycles. The molecule has 0 aliphatic carbocycles. The molecule has 0 bridgehead atoms. The molecular weight excluding hydrogens is 441 g/mol. The molecule has 4 N–H and O–H groups in total. The lowest BCUT2D eigenvalue weighted by molar-refractivity contribution is -0.272. The summed E-state index contributed by atoms with van der Waals surface area (Å²) >= 11 is 0. The first-order chi connectivity index (χ1) is 14.8. The van der Waals surface area contributed by atoms with Crippen molar-refractivity contribution >= 4 is 17.5 Å². The van der Waals surface area contributed by atoms with E-state index in [9.17, 15) is 36.6 Å². The highest BCUT2D eigenvalue weighted by Crippen LogP contribution is 2.54. The number of pyridine rings is 1. The van der Waals surface area contributed by atoms with E-state index in [0.717, 1.165) is 32.2 Å². The number of alkyl halides is 3. The highest BCUT2D eigenvalue weighted by molar-refractivity contribution is 5.97. The molecule has 32 heavy (non-hydrogen) atoms. The lowest BCUT2D eigenvalue weighted by atomic mass is 9.77. The Kier molecular flexibility index (Phi) is 5.85. The van der Waals surface area contributed by atoms with E-state index >= 15 is 0 Å². The second kappa shape index (κ2) is 8.01. The zero-order valence-corrected chi connectivity index (χ0v) is 16.7. The van der Waals surface area contributed by atoms with Gasteiger partial charge in [-0.25, -0.2) is 4.39 Å². The van der Waals surface area contributed by atoms with Crippen LogP contribution < -0.4 is 11.1 Å². The van der Waals surface area contributed by atoms with Crippen molar-refractivity contribution in [1.29, 1.82) is 0 Å². The number of nitrogens with zero attached hydrogens (tertiary/aromatic N) is 1. The van der Waals surface area contributed by atoms with E-state index in [1.54, 1.807) is 0 Å². The van der Waals surface area contributed by atoms with Gasteiger partial charge in [0.15, 0.2) is 17.2 Å². The first-order valence-electron chi connectivity index (χ1n) is 9.26. The molecule has 2 aromatic rings. The van der Waals surface area contributed by atoms with E-state index in [-0.39, 0.29) is 11.4 Å². The third-order valence-electron chi connectivity index (χ3n) is 5.67. The van der Waals surface area contributed by atoms with Crippen molar-refractivity contribution in [1.82, 2.24) is 4.98 Å². The van der Waals surface area contributed by atoms with Crippen LogP contribution in [0.2, 0.25) is 0 Å². The maximum absolute atomic E-state index is 14.0. The summed E-state index contributed by atoms with van der Waals surface area (Å²) < 4.78 is 74.0. The third kappa shape index (κ3) is 3.85. The van der Waals surface area contributed by atoms with E-state index in [1.165, 1.54) is 6.07 Å². The van der Waals surface area contributed by atoms with Crippen molar-refractivity contribution in [2.24, 2.45) is 11.7 Å². The van der Waals surface area contributed by atoms with Crippen LogP contribution in [0, 0.1) is 17.6 Å². The summed E-state index contributed by atoms with van der Waals surface area (Å²) in [6, 6.07) is 3.90. The number of halogens is 5. The predicted molar refractivity (Wildman–Crippen MR) is 101 cm³/mol. The van der Waals surface area contributed by atoms with Gasteiger partial charge < -0.3 is 20.9 Å². The predicted octanol–water partition coefficient (Wildman–Crippen LogP) is 3.24. The minimum atomic E-state index is -4.93. The maximum atomic E-state index is 14.0. The van der Waals surface area contributed by atoms with Gasteiger partial charge in [0, 0.05) is 29.3 Å². The Morgan fingerprint density at radius 1 is 1.25 bits per heavy atom. The Balaban J connectivity index is 2.05. The highest BCUT2D eigenvalue weighted by atomic mass is 19.4. The van der Waals surface area contributed by atoms with Gasteiger partial charge in [-0.2, -0.15) is 17.6 Å². The standard InChI is InChI=1S/C20H18F5N3O4/c1-8-13(10-3-4-11(21)14(22)15(10)29)16(32-19(8,2)20(23,24)25)18(31)28-9-5-6-27-12(7-9)17(26)30/h3-8,13,16,29H,1-2H3,(H2,26,30)(H,27,28,31)/t8-,13+,16-,19-/m0/s1. The topological polar surface area (TPSA) is 115 Å². The number of rotatable bonds is 4. The molecular formula is C20H18F5N3O4. The fourth-order valence-electron chi connectivity index (χ4n) is 3.70. The SMILES string of the molecule is C[C@H]1[C@H](c2ccc(F)c(F)c2O)[C@@H](C(=O)Nc2ccnc(C(N)=O)c2)O[C@]1(C)C(F)(F)F. The summed E-state index contributed by atoms with van der Waals surface area (Å²) in [5.41, 5.74) is 1.64. The van der Waals surface area contributed by atoms with Crippen molar-refractivity contribution in [3.8, 4) is 5.75 Å². The molecule has 0 spiro atoms. The van der Waals surface area contributed by atoms with Crippen LogP contribution in [-0.2, 0) is 9.53 Å². The molecule has 2 amide bonds. The normalized spacial score (nSPS) is 25.5. The van der Waals surface area contributed by atoms with Gasteiger partial charge >= 0.3 is 6.18 Å². The number of anilines is 1. The van der Waals surface area contributed by atoms with E-state index in [2.05, 4.69) is 10.3 Å². The van der Waals surface area contributed by atoms with Crippen molar-refractivity contribution in [2.75, 3.05) is 5.32 Å². The van der Waals surface area contributed by atoms with E-state index < -0.39 is 64.5 Å². The van der Waals surface area contributed by atoms with Crippen LogP contribution >= 0.6 is 0 Å². The summed E-state index contributed by atoms with van der Waals surface area (Å²) in [6.45, 7) is 1.86. The number of phenolic OH excluding ortho intramolecular Hbond substituents is 1. The molecule has 1 aliphatic rings. The zero-order chi connectivity index (χ0) is 24.0. The van der Waals surface area contributed by atoms with Crippen LogP contribution in [0.25, 0.3) is 0 Å². The summed E-state index contributed by atoms with van der Waals surface area (Å²) in [5.74, 6) is -9.22. The Labute approximate surface area is 178 Å². The minimum Gasteiger partial charge on any atom is -0.505 e. The number of nitrogens with two attached hydrogens (primary N) is 1. The largest absolute Gasteiger partial charge is 0.505 e. The van der Waals surface area contributed by atoms with Gasteiger partial charge in [-0.05, 0) is 25.1 Å². The minimum absolute atomic E-state index is 0.0103. The number of aromatic hydroxyl groups is 1. The summed E-state index contributed by atoms with van der Waals surface area (Å²) in [6.07, 6.45) is -5.63. The molecule has 3 rings (SSSR count). The zero-order valence-electron chi connectivity index (χ0n) is 16.7. The summed E-state index contributed by atoms with van der Waals surface area (Å²) in [7, 11) is 0. The second-order valence-corrected chi connectivity index (χ2v) is 7.54. The van der Waals surface area contributed by atoms with Crippen LogP contribution in [0.4, 0.5) is 27.6 Å². The number of amides is 2. The highest BCUT2D eigenvalue weighted by Gasteiger charge is 2.65. The average Bonchev–Trinajstić information content (AvgIpc) is 2.99. The molecule has 0 radical (unpaired) electrons. The molecule has 172 valence electrons. The molecule has 1 aromatic carbocycles. The number of carbonyl (C=O) groups excluding carboxylic acids is 2. The van der Waals surface area contributed by atoms with Crippen LogP contribution in [0.3, 0.4) is 0 Å². The molecule has 12 heteroatoms. The van der Waals surface area contributed by atoms with Crippen molar-refractivity contribution in [3.05, 3.63) is 53.4 Å². The Bertz CT molecular complexity index is 1080. The van der Waals surface area contributed by atoms with Gasteiger partial charge in [-0.3, -0.25) is 14.6 Å². The lowest BCUT2D eigenvalue weighted by Gasteiger charge is -2.31. The number of hydrogen-bond acceptors (Lipinski definition) is 5. The number of aromatic nitrogens is 1. The van der Waals surface area contributed by atoms with Gasteiger partial charge in [-0.15, -0.1) is 0 Å². The number of ether oxygens (including phenoxy) is 1. The Hall–Kier alpha value is -3.28. The molecule has 1 saturated heterocycles. The number of carbonyl (C=O) groups is 2. The Morgan fingerprint density at radius 3 is 2.50 bits per heavy atom. The van der Waals surface area contributed by atoms with Crippen LogP contribution in [-0.4, -0.2) is 39.8 Å². The third-order valence-corrected chi connectivity index (χ3v) is 5.67. The van der Waals surface area contributed by atoms with Gasteiger partial charge in [0.05, 0.1) is 0 Å². The number of benzene rings is 1. The monoisotopic (exact) mass is 459 g/mol. The van der Waals surface area contributed by atoms with Crippen molar-refractivity contribution in [3.63, 3.8) is 0 Å². The smallest absolute Gasteiger partial charge is 0.417 e. The quantitative estimate of drug-likeness (QED) is 0.608. The van der Waals surface area contributed by atoms with Crippen LogP contribution in [0.1, 0.15) is 35.8 Å². The number of nitrogens with one attached hydrogen (secondary N) is 1. The molecule has 7 nitrogen and oxygen atoms in total. The summed E-state index contributed by atoms with van der Waals surface area (Å²) in [4.78, 5) is 27.9. The lowest BCUT2D eigenvalue weighted by Crippen LogP contribution is -2.47. The van der Waals surface area contributed by atoms with Crippen molar-refractivity contribution in [2.45, 2.75) is 37.6 Å². The maximum Gasteiger partial charge on any atom is 0.417 e. The molecule has 1 fully saturated rings. The summed E-state index contributed by atoms with van der Waals surface area (Å²) in [5, 5.41) is 12.4. The van der Waals surface area contributed by atoms with Crippen LogP contribution in [0.15, 0.2) is 30.5 Å². The molecule has 4 atom stereocenters.